The summed E-state index contributed by atoms with van der Waals surface area (Å²) in [5.74, 6) is -0.928. The van der Waals surface area contributed by atoms with Crippen molar-refractivity contribution in [2.24, 2.45) is 0 Å². The van der Waals surface area contributed by atoms with Gasteiger partial charge < -0.3 is 4.90 Å². The highest BCUT2D eigenvalue weighted by atomic mass is 32.2. The highest BCUT2D eigenvalue weighted by molar-refractivity contribution is 8.03. The van der Waals surface area contributed by atoms with Crippen molar-refractivity contribution < 1.29 is 9.59 Å². The van der Waals surface area contributed by atoms with Crippen LogP contribution in [-0.4, -0.2) is 35.2 Å². The average molecular weight is 323 g/mol. The van der Waals surface area contributed by atoms with E-state index >= 15 is 0 Å². The second-order valence-electron chi connectivity index (χ2n) is 4.01. The normalized spacial score (nSPS) is 14.0. The molecule has 1 aromatic carbocycles. The van der Waals surface area contributed by atoms with E-state index in [9.17, 15) is 9.59 Å². The quantitative estimate of drug-likeness (QED) is 0.639. The van der Waals surface area contributed by atoms with Crippen molar-refractivity contribution in [2.45, 2.75) is 13.6 Å². The molecule has 0 saturated carbocycles. The Labute approximate surface area is 127 Å². The fraction of sp³-hybridized carbons (Fsp3) is 0.167. The van der Waals surface area contributed by atoms with Gasteiger partial charge in [0, 0.05) is 11.9 Å². The molecule has 0 N–H and O–H groups in total. The lowest BCUT2D eigenvalue weighted by Crippen LogP contribution is -2.24. The number of anilines is 1. The predicted molar refractivity (Wildman–Crippen MR) is 80.0 cm³/mol. The van der Waals surface area contributed by atoms with Crippen LogP contribution in [-0.2, 0) is 4.79 Å². The lowest BCUT2D eigenvalue weighted by Gasteiger charge is -2.09. The number of rotatable bonds is 3. The minimum atomic E-state index is -0.484. The van der Waals surface area contributed by atoms with Gasteiger partial charge in [0.05, 0.1) is 11.3 Å². The second-order valence-corrected chi connectivity index (χ2v) is 7.36. The standard InChI is InChI=1S/C12H9N3O2S3/c1-15-8-5-6(3-4-7(8)9(16)10(15)17)19-12-14-13-11(18-2)20-12/h3-5H,1-2H3. The number of Topliss-reactive ketones (excluding diaryl/α,β-unsaturated/α-hetero) is 1. The minimum absolute atomic E-state index is 0.445. The molecule has 5 nitrogen and oxygen atoms in total. The smallest absolute Gasteiger partial charge is 0.299 e. The fourth-order valence-corrected chi connectivity index (χ4v) is 4.29. The van der Waals surface area contributed by atoms with Crippen LogP contribution in [0.25, 0.3) is 0 Å². The molecule has 2 aromatic rings. The first-order valence-corrected chi connectivity index (χ1v) is 8.47. The molecule has 0 radical (unpaired) electrons. The zero-order chi connectivity index (χ0) is 14.3. The van der Waals surface area contributed by atoms with Crippen LogP contribution >= 0.6 is 34.9 Å². The summed E-state index contributed by atoms with van der Waals surface area (Å²) in [6.07, 6.45) is 1.95. The molecule has 1 aromatic heterocycles. The molecule has 3 rings (SSSR count). The van der Waals surface area contributed by atoms with Gasteiger partial charge in [-0.1, -0.05) is 34.9 Å². The van der Waals surface area contributed by atoms with Crippen LogP contribution in [0, 0.1) is 0 Å². The summed E-state index contributed by atoms with van der Waals surface area (Å²) in [5, 5.41) is 8.12. The predicted octanol–water partition coefficient (Wildman–Crippen LogP) is 2.57. The SMILES string of the molecule is CSc1nnc(Sc2ccc3c(c2)N(C)C(=O)C3=O)s1. The molecule has 0 saturated heterocycles. The summed E-state index contributed by atoms with van der Waals surface area (Å²) in [4.78, 5) is 25.6. The van der Waals surface area contributed by atoms with Crippen LogP contribution in [0.4, 0.5) is 5.69 Å². The van der Waals surface area contributed by atoms with E-state index in [4.69, 9.17) is 0 Å². The summed E-state index contributed by atoms with van der Waals surface area (Å²) in [6, 6.07) is 5.36. The third-order valence-electron chi connectivity index (χ3n) is 2.84. The Balaban J connectivity index is 1.90. The number of fused-ring (bicyclic) bond motifs is 1. The van der Waals surface area contributed by atoms with E-state index in [1.165, 1.54) is 28.0 Å². The van der Waals surface area contributed by atoms with E-state index in [1.807, 2.05) is 18.4 Å². The minimum Gasteiger partial charge on any atom is -0.308 e. The van der Waals surface area contributed by atoms with Crippen LogP contribution in [0.3, 0.4) is 0 Å². The molecule has 102 valence electrons. The Bertz CT molecular complexity index is 714. The van der Waals surface area contributed by atoms with E-state index in [0.29, 0.717) is 11.3 Å². The number of hydrogen-bond acceptors (Lipinski definition) is 7. The molecule has 0 bridgehead atoms. The van der Waals surface area contributed by atoms with Crippen molar-refractivity contribution in [3.8, 4) is 0 Å². The number of ketones is 1. The van der Waals surface area contributed by atoms with E-state index in [0.717, 1.165) is 13.6 Å². The maximum atomic E-state index is 11.7. The largest absolute Gasteiger partial charge is 0.308 e. The van der Waals surface area contributed by atoms with Crippen molar-refractivity contribution in [3.63, 3.8) is 0 Å². The average Bonchev–Trinajstić information content (AvgIpc) is 2.99. The monoisotopic (exact) mass is 323 g/mol. The van der Waals surface area contributed by atoms with Crippen LogP contribution in [0.2, 0.25) is 0 Å². The van der Waals surface area contributed by atoms with Crippen molar-refractivity contribution >= 4 is 52.2 Å². The zero-order valence-electron chi connectivity index (χ0n) is 10.6. The van der Waals surface area contributed by atoms with Gasteiger partial charge in [0.15, 0.2) is 8.68 Å². The zero-order valence-corrected chi connectivity index (χ0v) is 13.1. The van der Waals surface area contributed by atoms with Crippen molar-refractivity contribution in [2.75, 3.05) is 18.2 Å². The van der Waals surface area contributed by atoms with Gasteiger partial charge in [0.2, 0.25) is 0 Å². The lowest BCUT2D eigenvalue weighted by molar-refractivity contribution is -0.114. The number of carbonyl (C=O) groups excluding carboxylic acids is 2. The Morgan fingerprint density at radius 3 is 2.65 bits per heavy atom. The molecule has 1 aliphatic heterocycles. The van der Waals surface area contributed by atoms with Crippen LogP contribution in [0.15, 0.2) is 31.8 Å². The van der Waals surface area contributed by atoms with Gasteiger partial charge in [-0.25, -0.2) is 0 Å². The molecule has 0 unspecified atom stereocenters. The molecule has 2 heterocycles. The van der Waals surface area contributed by atoms with Gasteiger partial charge >= 0.3 is 0 Å². The van der Waals surface area contributed by atoms with E-state index in [-0.39, 0.29) is 0 Å². The fourth-order valence-electron chi connectivity index (χ4n) is 1.84. The summed E-state index contributed by atoms with van der Waals surface area (Å²) >= 11 is 4.55. The number of hydrogen-bond donors (Lipinski definition) is 0. The topological polar surface area (TPSA) is 63.2 Å². The third-order valence-corrected chi connectivity index (χ3v) is 5.78. The summed E-state index contributed by atoms with van der Waals surface area (Å²) in [7, 11) is 1.61. The summed E-state index contributed by atoms with van der Waals surface area (Å²) in [5.41, 5.74) is 1.11. The molecule has 8 heteroatoms. The molecule has 1 aliphatic rings. The number of thioether (sulfide) groups is 1. The molecular formula is C12H9N3O2S3. The summed E-state index contributed by atoms with van der Waals surface area (Å²) in [6.45, 7) is 0. The first kappa shape index (κ1) is 13.6. The number of benzene rings is 1. The second kappa shape index (κ2) is 5.19. The Morgan fingerprint density at radius 2 is 1.95 bits per heavy atom. The first-order chi connectivity index (χ1) is 9.60. The summed E-state index contributed by atoms with van der Waals surface area (Å²) < 4.78 is 1.75. The third kappa shape index (κ3) is 2.23. The van der Waals surface area contributed by atoms with Crippen LogP contribution < -0.4 is 4.90 Å². The highest BCUT2D eigenvalue weighted by Gasteiger charge is 2.33. The van der Waals surface area contributed by atoms with Gasteiger partial charge in [-0.3, -0.25) is 9.59 Å². The number of nitrogens with zero attached hydrogens (tertiary/aromatic N) is 3. The van der Waals surface area contributed by atoms with E-state index in [2.05, 4.69) is 10.2 Å². The number of aromatic nitrogens is 2. The van der Waals surface area contributed by atoms with Crippen LogP contribution in [0.1, 0.15) is 10.4 Å². The Kier molecular flexibility index (Phi) is 3.53. The molecule has 20 heavy (non-hydrogen) atoms. The maximum Gasteiger partial charge on any atom is 0.299 e. The van der Waals surface area contributed by atoms with E-state index in [1.54, 1.807) is 24.9 Å². The molecule has 0 aliphatic carbocycles. The highest BCUT2D eigenvalue weighted by Crippen LogP contribution is 2.37. The first-order valence-electron chi connectivity index (χ1n) is 5.62. The molecule has 1 amide bonds. The van der Waals surface area contributed by atoms with Crippen molar-refractivity contribution in [1.82, 2.24) is 10.2 Å². The lowest BCUT2D eigenvalue weighted by atomic mass is 10.1. The number of carbonyl (C=O) groups is 2. The van der Waals surface area contributed by atoms with Gasteiger partial charge in [0.25, 0.3) is 11.7 Å². The molecule has 0 spiro atoms. The van der Waals surface area contributed by atoms with Gasteiger partial charge in [-0.15, -0.1) is 10.2 Å². The van der Waals surface area contributed by atoms with Crippen molar-refractivity contribution in [3.05, 3.63) is 23.8 Å². The molecule has 0 fully saturated rings. The number of amides is 1. The Hall–Kier alpha value is -1.38. The molecule has 0 atom stereocenters. The van der Waals surface area contributed by atoms with Crippen molar-refractivity contribution in [1.29, 1.82) is 0 Å². The van der Waals surface area contributed by atoms with Gasteiger partial charge in [-0.05, 0) is 24.5 Å². The number of likely N-dealkylation sites (N-methyl/N-ethyl adjacent to an activating group) is 1. The van der Waals surface area contributed by atoms with E-state index < -0.39 is 11.7 Å². The Morgan fingerprint density at radius 1 is 1.20 bits per heavy atom. The maximum absolute atomic E-state index is 11.7. The van der Waals surface area contributed by atoms with Gasteiger partial charge in [-0.2, -0.15) is 0 Å². The van der Waals surface area contributed by atoms with Gasteiger partial charge in [0.1, 0.15) is 0 Å². The van der Waals surface area contributed by atoms with Crippen LogP contribution in [0.5, 0.6) is 0 Å². The molecular weight excluding hydrogens is 314 g/mol.